The van der Waals surface area contributed by atoms with Crippen molar-refractivity contribution in [2.45, 2.75) is 85.5 Å². The molecule has 0 amide bonds. The van der Waals surface area contributed by atoms with Gasteiger partial charge in [0.25, 0.3) is 0 Å². The van der Waals surface area contributed by atoms with E-state index in [0.717, 1.165) is 43.6 Å². The SMILES string of the molecule is CCCCOc1c(C2=C(/C=C/C(C)=C/CO)CCC2)cc(C(C)C)cc1C(C)C. The molecule has 0 bridgehead atoms. The van der Waals surface area contributed by atoms with Crippen LogP contribution in [0.15, 0.2) is 41.5 Å². The van der Waals surface area contributed by atoms with Crippen LogP contribution in [0.1, 0.15) is 102 Å². The van der Waals surface area contributed by atoms with Crippen molar-refractivity contribution >= 4 is 5.57 Å². The molecular formula is C27H40O2. The third-order valence-electron chi connectivity index (χ3n) is 5.72. The number of ether oxygens (including phenoxy) is 1. The average molecular weight is 397 g/mol. The quantitative estimate of drug-likeness (QED) is 0.327. The number of aliphatic hydroxyl groups is 1. The maximum atomic E-state index is 9.12. The number of hydrogen-bond acceptors (Lipinski definition) is 2. The molecule has 1 aliphatic carbocycles. The summed E-state index contributed by atoms with van der Waals surface area (Å²) >= 11 is 0. The first-order valence-corrected chi connectivity index (χ1v) is 11.4. The van der Waals surface area contributed by atoms with E-state index in [2.05, 4.69) is 58.9 Å². The second kappa shape index (κ2) is 11.4. The highest BCUT2D eigenvalue weighted by molar-refractivity contribution is 5.78. The molecule has 29 heavy (non-hydrogen) atoms. The Morgan fingerprint density at radius 3 is 2.52 bits per heavy atom. The molecule has 0 aromatic heterocycles. The van der Waals surface area contributed by atoms with E-state index in [1.165, 1.54) is 34.3 Å². The second-order valence-corrected chi connectivity index (χ2v) is 8.82. The minimum atomic E-state index is 0.0890. The van der Waals surface area contributed by atoms with Gasteiger partial charge in [0.1, 0.15) is 5.75 Å². The number of rotatable bonds is 10. The highest BCUT2D eigenvalue weighted by Gasteiger charge is 2.23. The lowest BCUT2D eigenvalue weighted by atomic mass is 9.88. The Morgan fingerprint density at radius 2 is 1.90 bits per heavy atom. The molecule has 2 rings (SSSR count). The van der Waals surface area contributed by atoms with Crippen molar-refractivity contribution in [2.24, 2.45) is 0 Å². The lowest BCUT2D eigenvalue weighted by Crippen LogP contribution is -2.06. The lowest BCUT2D eigenvalue weighted by molar-refractivity contribution is 0.304. The van der Waals surface area contributed by atoms with E-state index < -0.39 is 0 Å². The standard InChI is InChI=1S/C27H40O2/c1-7-8-16-29-27-25(20(4)5)17-23(19(2)3)18-26(27)24-11-9-10-22(24)13-12-21(6)14-15-28/h12-14,17-20,28H,7-11,15-16H2,1-6H3/b13-12+,21-14+. The van der Waals surface area contributed by atoms with Gasteiger partial charge in [-0.05, 0) is 72.8 Å². The van der Waals surface area contributed by atoms with Crippen LogP contribution >= 0.6 is 0 Å². The Hall–Kier alpha value is -1.80. The lowest BCUT2D eigenvalue weighted by Gasteiger charge is -2.22. The summed E-state index contributed by atoms with van der Waals surface area (Å²) in [5, 5.41) is 9.12. The number of unbranched alkanes of at least 4 members (excludes halogenated alkanes) is 1. The molecule has 0 spiro atoms. The maximum absolute atomic E-state index is 9.12. The van der Waals surface area contributed by atoms with E-state index in [-0.39, 0.29) is 6.61 Å². The van der Waals surface area contributed by atoms with Crippen LogP contribution in [0.5, 0.6) is 5.75 Å². The third-order valence-corrected chi connectivity index (χ3v) is 5.72. The molecule has 1 N–H and O–H groups in total. The molecule has 0 atom stereocenters. The first-order valence-electron chi connectivity index (χ1n) is 11.4. The van der Waals surface area contributed by atoms with Gasteiger partial charge in [-0.2, -0.15) is 0 Å². The Balaban J connectivity index is 2.60. The smallest absolute Gasteiger partial charge is 0.130 e. The number of hydrogen-bond donors (Lipinski definition) is 1. The maximum Gasteiger partial charge on any atom is 0.130 e. The first kappa shape index (κ1) is 23.5. The highest BCUT2D eigenvalue weighted by atomic mass is 16.5. The number of allylic oxidation sites excluding steroid dienone is 5. The van der Waals surface area contributed by atoms with Gasteiger partial charge in [0.15, 0.2) is 0 Å². The monoisotopic (exact) mass is 396 g/mol. The van der Waals surface area contributed by atoms with Crippen LogP contribution in [0.3, 0.4) is 0 Å². The molecule has 1 aromatic carbocycles. The molecule has 0 saturated heterocycles. The Labute approximate surface area is 178 Å². The molecule has 0 radical (unpaired) electrons. The zero-order chi connectivity index (χ0) is 21.4. The van der Waals surface area contributed by atoms with Gasteiger partial charge in [0, 0.05) is 5.56 Å². The van der Waals surface area contributed by atoms with Crippen molar-refractivity contribution in [3.63, 3.8) is 0 Å². The van der Waals surface area contributed by atoms with Crippen LogP contribution in [-0.2, 0) is 0 Å². The predicted octanol–water partition coefficient (Wildman–Crippen LogP) is 7.54. The minimum Gasteiger partial charge on any atom is -0.493 e. The Bertz CT molecular complexity index is 763. The summed E-state index contributed by atoms with van der Waals surface area (Å²) in [5.74, 6) is 2.02. The summed E-state index contributed by atoms with van der Waals surface area (Å²) in [6.07, 6.45) is 11.8. The molecular weight excluding hydrogens is 356 g/mol. The summed E-state index contributed by atoms with van der Waals surface area (Å²) in [7, 11) is 0. The Morgan fingerprint density at radius 1 is 1.14 bits per heavy atom. The van der Waals surface area contributed by atoms with Crippen molar-refractivity contribution in [3.05, 3.63) is 58.2 Å². The van der Waals surface area contributed by atoms with Gasteiger partial charge in [-0.25, -0.2) is 0 Å². The predicted molar refractivity (Wildman–Crippen MR) is 126 cm³/mol. The fraction of sp³-hybridized carbons (Fsp3) is 0.556. The molecule has 2 nitrogen and oxygen atoms in total. The van der Waals surface area contributed by atoms with Crippen LogP contribution in [0.4, 0.5) is 0 Å². The van der Waals surface area contributed by atoms with Gasteiger partial charge in [-0.15, -0.1) is 0 Å². The summed E-state index contributed by atoms with van der Waals surface area (Å²) < 4.78 is 6.43. The van der Waals surface area contributed by atoms with Crippen molar-refractivity contribution in [2.75, 3.05) is 13.2 Å². The van der Waals surface area contributed by atoms with Crippen molar-refractivity contribution in [3.8, 4) is 5.75 Å². The molecule has 2 heteroatoms. The van der Waals surface area contributed by atoms with Crippen LogP contribution in [0.25, 0.3) is 5.57 Å². The van der Waals surface area contributed by atoms with Gasteiger partial charge in [0.05, 0.1) is 13.2 Å². The molecule has 1 aromatic rings. The van der Waals surface area contributed by atoms with Crippen LogP contribution in [0.2, 0.25) is 0 Å². The van der Waals surface area contributed by atoms with Gasteiger partial charge in [-0.1, -0.05) is 70.9 Å². The number of benzene rings is 1. The molecule has 0 aliphatic heterocycles. The molecule has 0 heterocycles. The zero-order valence-electron chi connectivity index (χ0n) is 19.3. The zero-order valence-corrected chi connectivity index (χ0v) is 19.3. The average Bonchev–Trinajstić information content (AvgIpc) is 3.14. The second-order valence-electron chi connectivity index (χ2n) is 8.82. The van der Waals surface area contributed by atoms with E-state index >= 15 is 0 Å². The number of aliphatic hydroxyl groups excluding tert-OH is 1. The van der Waals surface area contributed by atoms with Crippen molar-refractivity contribution in [1.29, 1.82) is 0 Å². The van der Waals surface area contributed by atoms with Gasteiger partial charge < -0.3 is 9.84 Å². The molecule has 0 unspecified atom stereocenters. The summed E-state index contributed by atoms with van der Waals surface area (Å²) in [6.45, 7) is 14.2. The normalized spacial score (nSPS) is 15.4. The molecule has 0 fully saturated rings. The fourth-order valence-electron chi connectivity index (χ4n) is 3.84. The fourth-order valence-corrected chi connectivity index (χ4v) is 3.84. The third kappa shape index (κ3) is 6.34. The van der Waals surface area contributed by atoms with Crippen molar-refractivity contribution < 1.29 is 9.84 Å². The van der Waals surface area contributed by atoms with E-state index in [0.29, 0.717) is 11.8 Å². The highest BCUT2D eigenvalue weighted by Crippen LogP contribution is 2.43. The van der Waals surface area contributed by atoms with Gasteiger partial charge in [0.2, 0.25) is 0 Å². The van der Waals surface area contributed by atoms with E-state index in [9.17, 15) is 0 Å². The molecule has 1 aliphatic rings. The summed E-state index contributed by atoms with van der Waals surface area (Å²) in [4.78, 5) is 0. The first-order chi connectivity index (χ1) is 13.9. The van der Waals surface area contributed by atoms with E-state index in [4.69, 9.17) is 9.84 Å². The van der Waals surface area contributed by atoms with E-state index in [1.54, 1.807) is 0 Å². The topological polar surface area (TPSA) is 29.5 Å². The van der Waals surface area contributed by atoms with E-state index in [1.807, 2.05) is 13.0 Å². The largest absolute Gasteiger partial charge is 0.493 e. The van der Waals surface area contributed by atoms with Crippen LogP contribution in [0, 0.1) is 0 Å². The molecule has 160 valence electrons. The van der Waals surface area contributed by atoms with Crippen LogP contribution < -0.4 is 4.74 Å². The van der Waals surface area contributed by atoms with Crippen molar-refractivity contribution in [1.82, 2.24) is 0 Å². The summed E-state index contributed by atoms with van der Waals surface area (Å²) in [6, 6.07) is 4.74. The molecule has 0 saturated carbocycles. The van der Waals surface area contributed by atoms with Crippen LogP contribution in [-0.4, -0.2) is 18.3 Å². The summed E-state index contributed by atoms with van der Waals surface area (Å²) in [5.41, 5.74) is 7.98. The van der Waals surface area contributed by atoms with Gasteiger partial charge >= 0.3 is 0 Å². The minimum absolute atomic E-state index is 0.0890. The van der Waals surface area contributed by atoms with Gasteiger partial charge in [-0.3, -0.25) is 0 Å². The Kier molecular flexibility index (Phi) is 9.23.